The normalized spacial score (nSPS) is 12.0. The Labute approximate surface area is 128 Å². The molecule has 22 heavy (non-hydrogen) atoms. The highest BCUT2D eigenvalue weighted by Crippen LogP contribution is 2.36. The van der Waals surface area contributed by atoms with Gasteiger partial charge in [0.15, 0.2) is 12.4 Å². The van der Waals surface area contributed by atoms with Crippen molar-refractivity contribution in [1.82, 2.24) is 5.16 Å². The van der Waals surface area contributed by atoms with E-state index in [1.165, 1.54) is 11.1 Å². The number of benzene rings is 2. The van der Waals surface area contributed by atoms with E-state index < -0.39 is 0 Å². The molecular weight excluding hydrogens is 276 g/mol. The summed E-state index contributed by atoms with van der Waals surface area (Å²) in [7, 11) is 0. The van der Waals surface area contributed by atoms with E-state index in [-0.39, 0.29) is 6.61 Å². The topological polar surface area (TPSA) is 47.6 Å². The zero-order chi connectivity index (χ0) is 14.9. The summed E-state index contributed by atoms with van der Waals surface area (Å²) in [6, 6.07) is 18.3. The largest absolute Gasteiger partial charge is 0.387 e. The van der Waals surface area contributed by atoms with Gasteiger partial charge in [-0.05, 0) is 18.1 Å². The third-order valence-electron chi connectivity index (χ3n) is 3.69. The summed E-state index contributed by atoms with van der Waals surface area (Å²) >= 11 is 0. The molecule has 0 amide bonds. The summed E-state index contributed by atoms with van der Waals surface area (Å²) < 4.78 is 5.12. The minimum atomic E-state index is 0.272. The molecule has 1 aliphatic carbocycles. The zero-order valence-electron chi connectivity index (χ0n) is 12.1. The molecule has 0 aliphatic heterocycles. The van der Waals surface area contributed by atoms with Crippen LogP contribution >= 0.6 is 0 Å². The molecule has 1 aliphatic rings. The van der Waals surface area contributed by atoms with E-state index in [4.69, 9.17) is 9.36 Å². The number of aromatic nitrogens is 1. The Hall–Kier alpha value is -2.88. The minimum Gasteiger partial charge on any atom is -0.387 e. The predicted molar refractivity (Wildman–Crippen MR) is 83.5 cm³/mol. The van der Waals surface area contributed by atoms with Crippen molar-refractivity contribution in [1.29, 1.82) is 0 Å². The molecule has 4 nitrogen and oxygen atoms in total. The molecule has 4 rings (SSSR count). The van der Waals surface area contributed by atoms with Crippen LogP contribution in [0.4, 0.5) is 0 Å². The van der Waals surface area contributed by atoms with Gasteiger partial charge in [0.25, 0.3) is 0 Å². The molecule has 4 heteroatoms. The van der Waals surface area contributed by atoms with E-state index >= 15 is 0 Å². The van der Waals surface area contributed by atoms with Crippen LogP contribution < -0.4 is 0 Å². The van der Waals surface area contributed by atoms with Crippen LogP contribution in [-0.2, 0) is 11.4 Å². The van der Waals surface area contributed by atoms with E-state index in [0.717, 1.165) is 22.5 Å². The number of nitrogens with zero attached hydrogens (tertiary/aromatic N) is 2. The van der Waals surface area contributed by atoms with Crippen molar-refractivity contribution in [3.8, 4) is 11.1 Å². The molecule has 0 atom stereocenters. The Bertz CT molecular complexity index is 817. The van der Waals surface area contributed by atoms with Gasteiger partial charge in [0.1, 0.15) is 5.71 Å². The summed E-state index contributed by atoms with van der Waals surface area (Å²) in [6.45, 7) is 2.15. The Morgan fingerprint density at radius 1 is 0.955 bits per heavy atom. The molecule has 0 unspecified atom stereocenters. The summed E-state index contributed by atoms with van der Waals surface area (Å²) in [5.74, 6) is 0.668. The van der Waals surface area contributed by atoms with Crippen molar-refractivity contribution in [2.24, 2.45) is 5.16 Å². The van der Waals surface area contributed by atoms with Gasteiger partial charge in [-0.1, -0.05) is 58.8 Å². The molecule has 0 N–H and O–H groups in total. The zero-order valence-corrected chi connectivity index (χ0v) is 12.1. The maximum Gasteiger partial charge on any atom is 0.177 e. The fourth-order valence-corrected chi connectivity index (χ4v) is 2.74. The van der Waals surface area contributed by atoms with Crippen LogP contribution in [0.1, 0.15) is 22.6 Å². The van der Waals surface area contributed by atoms with Gasteiger partial charge in [-0.15, -0.1) is 0 Å². The van der Waals surface area contributed by atoms with Gasteiger partial charge in [0.2, 0.25) is 0 Å². The summed E-state index contributed by atoms with van der Waals surface area (Å²) in [5, 5.41) is 8.17. The minimum absolute atomic E-state index is 0.272. The van der Waals surface area contributed by atoms with Gasteiger partial charge < -0.3 is 9.36 Å². The molecule has 0 saturated carbocycles. The lowest BCUT2D eigenvalue weighted by Gasteiger charge is -2.01. The lowest BCUT2D eigenvalue weighted by molar-refractivity contribution is 0.109. The molecule has 2 aromatic carbocycles. The van der Waals surface area contributed by atoms with Gasteiger partial charge >= 0.3 is 0 Å². The highest BCUT2D eigenvalue weighted by molar-refractivity contribution is 6.24. The second-order valence-corrected chi connectivity index (χ2v) is 5.24. The second kappa shape index (κ2) is 5.15. The van der Waals surface area contributed by atoms with Crippen molar-refractivity contribution < 1.29 is 9.36 Å². The Kier molecular flexibility index (Phi) is 3.00. The average Bonchev–Trinajstić information content (AvgIpc) is 3.10. The van der Waals surface area contributed by atoms with Gasteiger partial charge in [-0.3, -0.25) is 0 Å². The third kappa shape index (κ3) is 2.09. The lowest BCUT2D eigenvalue weighted by Crippen LogP contribution is -1.99. The first-order valence-corrected chi connectivity index (χ1v) is 7.14. The van der Waals surface area contributed by atoms with Crippen molar-refractivity contribution in [3.05, 3.63) is 77.2 Å². The summed E-state index contributed by atoms with van der Waals surface area (Å²) in [5.41, 5.74) is 6.27. The van der Waals surface area contributed by atoms with E-state index in [1.54, 1.807) is 0 Å². The maximum absolute atomic E-state index is 5.48. The lowest BCUT2D eigenvalue weighted by atomic mass is 10.1. The van der Waals surface area contributed by atoms with Crippen LogP contribution in [-0.4, -0.2) is 10.9 Å². The summed E-state index contributed by atoms with van der Waals surface area (Å²) in [4.78, 5) is 5.48. The van der Waals surface area contributed by atoms with Crippen molar-refractivity contribution in [3.63, 3.8) is 0 Å². The van der Waals surface area contributed by atoms with E-state index in [2.05, 4.69) is 34.6 Å². The first-order chi connectivity index (χ1) is 10.8. The van der Waals surface area contributed by atoms with Crippen LogP contribution in [0.5, 0.6) is 0 Å². The standard InChI is InChI=1S/C18H14N2O2/c1-12-10-13(22-19-12)11-21-20-18-16-8-4-2-6-14(16)15-7-3-5-9-17(15)18/h2-10H,11H2,1H3. The molecule has 1 aromatic heterocycles. The van der Waals surface area contributed by atoms with Gasteiger partial charge in [0.05, 0.1) is 5.69 Å². The third-order valence-corrected chi connectivity index (χ3v) is 3.69. The maximum atomic E-state index is 5.48. The van der Waals surface area contributed by atoms with Crippen molar-refractivity contribution in [2.75, 3.05) is 0 Å². The number of rotatable bonds is 3. The van der Waals surface area contributed by atoms with Crippen LogP contribution in [0, 0.1) is 6.92 Å². The Morgan fingerprint density at radius 3 is 2.09 bits per heavy atom. The molecular formula is C18H14N2O2. The molecule has 0 fully saturated rings. The van der Waals surface area contributed by atoms with Crippen LogP contribution in [0.15, 0.2) is 64.3 Å². The summed E-state index contributed by atoms with van der Waals surface area (Å²) in [6.07, 6.45) is 0. The average molecular weight is 290 g/mol. The van der Waals surface area contributed by atoms with Crippen molar-refractivity contribution >= 4 is 5.71 Å². The second-order valence-electron chi connectivity index (χ2n) is 5.24. The molecule has 0 saturated heterocycles. The Balaban J connectivity index is 1.67. The predicted octanol–water partition coefficient (Wildman–Crippen LogP) is 3.93. The molecule has 0 bridgehead atoms. The number of oxime groups is 1. The highest BCUT2D eigenvalue weighted by atomic mass is 16.6. The fraction of sp³-hybridized carbons (Fsp3) is 0.111. The molecule has 108 valence electrons. The quantitative estimate of drug-likeness (QED) is 0.537. The van der Waals surface area contributed by atoms with E-state index in [9.17, 15) is 0 Å². The SMILES string of the molecule is Cc1cc(CON=C2c3ccccc3-c3ccccc32)on1. The fourth-order valence-electron chi connectivity index (χ4n) is 2.74. The first-order valence-electron chi connectivity index (χ1n) is 7.14. The van der Waals surface area contributed by atoms with E-state index in [1.807, 2.05) is 37.3 Å². The Morgan fingerprint density at radius 2 is 1.55 bits per heavy atom. The molecule has 0 radical (unpaired) electrons. The smallest absolute Gasteiger partial charge is 0.177 e. The molecule has 3 aromatic rings. The number of hydrogen-bond acceptors (Lipinski definition) is 4. The van der Waals surface area contributed by atoms with Gasteiger partial charge in [-0.2, -0.15) is 0 Å². The van der Waals surface area contributed by atoms with Crippen molar-refractivity contribution in [2.45, 2.75) is 13.5 Å². The number of aryl methyl sites for hydroxylation is 1. The van der Waals surface area contributed by atoms with Crippen LogP contribution in [0.2, 0.25) is 0 Å². The first kappa shape index (κ1) is 12.8. The number of hydrogen-bond donors (Lipinski definition) is 0. The highest BCUT2D eigenvalue weighted by Gasteiger charge is 2.24. The van der Waals surface area contributed by atoms with Gasteiger partial charge in [-0.25, -0.2) is 0 Å². The molecule has 0 spiro atoms. The van der Waals surface area contributed by atoms with Crippen LogP contribution in [0.3, 0.4) is 0 Å². The monoisotopic (exact) mass is 290 g/mol. The molecule has 1 heterocycles. The van der Waals surface area contributed by atoms with Gasteiger partial charge in [0, 0.05) is 17.2 Å². The van der Waals surface area contributed by atoms with E-state index in [0.29, 0.717) is 5.76 Å². The van der Waals surface area contributed by atoms with Crippen LogP contribution in [0.25, 0.3) is 11.1 Å². The number of fused-ring (bicyclic) bond motifs is 3.